The number of nitrogens with one attached hydrogen (secondary N) is 1. The molecule has 0 aliphatic heterocycles. The zero-order valence-corrected chi connectivity index (χ0v) is 20.8. The largest absolute Gasteiger partial charge is 0.308 e. The van der Waals surface area contributed by atoms with E-state index in [-0.39, 0.29) is 0 Å². The van der Waals surface area contributed by atoms with Gasteiger partial charge in [0.25, 0.3) is 0 Å². The van der Waals surface area contributed by atoms with E-state index in [1.54, 1.807) is 0 Å². The van der Waals surface area contributed by atoms with E-state index in [0.717, 1.165) is 55.8 Å². The molecule has 5 rings (SSSR count). The number of benzene rings is 2. The third kappa shape index (κ3) is 4.17. The molecule has 34 heavy (non-hydrogen) atoms. The van der Waals surface area contributed by atoms with Crippen LogP contribution in [0, 0.1) is 13.8 Å². The molecule has 0 fully saturated rings. The lowest BCUT2D eigenvalue weighted by Gasteiger charge is -2.13. The van der Waals surface area contributed by atoms with Crippen LogP contribution in [0.4, 0.5) is 0 Å². The van der Waals surface area contributed by atoms with Crippen molar-refractivity contribution in [1.29, 1.82) is 0 Å². The smallest absolute Gasteiger partial charge is 0.187 e. The fourth-order valence-corrected chi connectivity index (χ4v) is 4.87. The summed E-state index contributed by atoms with van der Waals surface area (Å²) in [4.78, 5) is 9.67. The first-order valence-electron chi connectivity index (χ1n) is 11.2. The minimum absolute atomic E-state index is 0.581. The Labute approximate surface area is 206 Å². The lowest BCUT2D eigenvalue weighted by molar-refractivity contribution is 0.745. The topological polar surface area (TPSA) is 85.2 Å². The maximum Gasteiger partial charge on any atom is 0.187 e. The highest BCUT2D eigenvalue weighted by molar-refractivity contribution is 9.15. The third-order valence-corrected chi connectivity index (χ3v) is 6.61. The number of nitrogens with zero attached hydrogens (tertiary/aromatic N) is 6. The van der Waals surface area contributed by atoms with Crippen molar-refractivity contribution >= 4 is 37.1 Å². The van der Waals surface area contributed by atoms with Gasteiger partial charge in [0, 0.05) is 17.7 Å². The van der Waals surface area contributed by atoms with Crippen molar-refractivity contribution in [3.63, 3.8) is 0 Å². The highest BCUT2D eigenvalue weighted by atomic mass is 79.9. The summed E-state index contributed by atoms with van der Waals surface area (Å²) < 4.78 is 3.04. The summed E-state index contributed by atoms with van der Waals surface area (Å²) in [6.45, 7) is 6.98. The predicted molar refractivity (Wildman–Crippen MR) is 137 cm³/mol. The standard InChI is InChI=1S/C26H24BrN7/c1-4-21-29-24-16(2)14-17(3)28-26(24)34(21)15-18-10-12-20(13-11-18)22(19-8-6-5-7-9-19)23(27)25-30-32-33-31-25/h5-14H,4,15H2,1-3H3,(H,30,31,32,33). The number of hydrogen-bond donors (Lipinski definition) is 1. The summed E-state index contributed by atoms with van der Waals surface area (Å²) in [5.41, 5.74) is 8.44. The molecule has 170 valence electrons. The van der Waals surface area contributed by atoms with E-state index in [2.05, 4.69) is 97.4 Å². The lowest BCUT2D eigenvalue weighted by atomic mass is 9.96. The number of H-pyrrole nitrogens is 1. The van der Waals surface area contributed by atoms with Crippen molar-refractivity contribution in [2.24, 2.45) is 0 Å². The average Bonchev–Trinajstić information content (AvgIpc) is 3.50. The Hall–Kier alpha value is -3.65. The van der Waals surface area contributed by atoms with Gasteiger partial charge in [-0.25, -0.2) is 15.1 Å². The van der Waals surface area contributed by atoms with Gasteiger partial charge < -0.3 is 4.57 Å². The minimum atomic E-state index is 0.581. The van der Waals surface area contributed by atoms with Crippen LogP contribution >= 0.6 is 15.9 Å². The zero-order valence-electron chi connectivity index (χ0n) is 19.2. The number of tetrazole rings is 1. The number of aromatic amines is 1. The molecule has 0 radical (unpaired) electrons. The van der Waals surface area contributed by atoms with Crippen LogP contribution in [0.2, 0.25) is 0 Å². The summed E-state index contributed by atoms with van der Waals surface area (Å²) in [6.07, 6.45) is 0.853. The fraction of sp³-hybridized carbons (Fsp3) is 0.192. The Morgan fingerprint density at radius 1 is 0.971 bits per heavy atom. The molecule has 7 nitrogen and oxygen atoms in total. The van der Waals surface area contributed by atoms with Crippen molar-refractivity contribution in [1.82, 2.24) is 35.2 Å². The maximum atomic E-state index is 4.87. The number of fused-ring (bicyclic) bond motifs is 1. The number of pyridine rings is 1. The van der Waals surface area contributed by atoms with Gasteiger partial charge in [0.1, 0.15) is 11.3 Å². The lowest BCUT2D eigenvalue weighted by Crippen LogP contribution is -2.06. The second kappa shape index (κ2) is 9.30. The van der Waals surface area contributed by atoms with Crippen LogP contribution in [-0.2, 0) is 13.0 Å². The Kier molecular flexibility index (Phi) is 6.06. The van der Waals surface area contributed by atoms with E-state index in [1.807, 2.05) is 25.1 Å². The predicted octanol–water partition coefficient (Wildman–Crippen LogP) is 5.48. The van der Waals surface area contributed by atoms with E-state index < -0.39 is 0 Å². The van der Waals surface area contributed by atoms with Crippen LogP contribution in [0.3, 0.4) is 0 Å². The molecule has 1 N–H and O–H groups in total. The first kappa shape index (κ1) is 22.2. The van der Waals surface area contributed by atoms with E-state index in [0.29, 0.717) is 12.4 Å². The fourth-order valence-electron chi connectivity index (χ4n) is 4.24. The van der Waals surface area contributed by atoms with Crippen LogP contribution in [0.15, 0.2) is 60.7 Å². The van der Waals surface area contributed by atoms with Crippen molar-refractivity contribution < 1.29 is 0 Å². The quantitative estimate of drug-likeness (QED) is 0.324. The number of aryl methyl sites for hydroxylation is 3. The van der Waals surface area contributed by atoms with Crippen LogP contribution in [-0.4, -0.2) is 35.2 Å². The van der Waals surface area contributed by atoms with E-state index in [4.69, 9.17) is 9.97 Å². The Morgan fingerprint density at radius 3 is 2.38 bits per heavy atom. The summed E-state index contributed by atoms with van der Waals surface area (Å²) in [5, 5.41) is 14.4. The average molecular weight is 514 g/mol. The monoisotopic (exact) mass is 513 g/mol. The van der Waals surface area contributed by atoms with Crippen LogP contribution in [0.5, 0.6) is 0 Å². The van der Waals surface area contributed by atoms with Crippen molar-refractivity contribution in [2.75, 3.05) is 0 Å². The van der Waals surface area contributed by atoms with Crippen LogP contribution < -0.4 is 0 Å². The molecule has 3 aromatic heterocycles. The van der Waals surface area contributed by atoms with Gasteiger partial charge in [0.15, 0.2) is 11.5 Å². The number of imidazole rings is 1. The van der Waals surface area contributed by atoms with Gasteiger partial charge in [-0.15, -0.1) is 5.10 Å². The molecule has 0 amide bonds. The van der Waals surface area contributed by atoms with Gasteiger partial charge in [-0.2, -0.15) is 0 Å². The Morgan fingerprint density at radius 2 is 1.71 bits per heavy atom. The molecule has 2 aromatic carbocycles. The van der Waals surface area contributed by atoms with Gasteiger partial charge in [0.05, 0.1) is 11.0 Å². The normalized spacial score (nSPS) is 12.2. The second-order valence-electron chi connectivity index (χ2n) is 8.22. The number of aromatic nitrogens is 7. The van der Waals surface area contributed by atoms with Crippen molar-refractivity contribution in [3.05, 3.63) is 100 Å². The molecule has 0 unspecified atom stereocenters. The molecule has 0 saturated carbocycles. The van der Waals surface area contributed by atoms with Gasteiger partial charge in [-0.3, -0.25) is 0 Å². The number of rotatable bonds is 6. The van der Waals surface area contributed by atoms with E-state index in [1.165, 1.54) is 5.56 Å². The van der Waals surface area contributed by atoms with Gasteiger partial charge in [0.2, 0.25) is 0 Å². The number of halogens is 1. The highest BCUT2D eigenvalue weighted by Crippen LogP contribution is 2.34. The molecule has 0 saturated heterocycles. The summed E-state index contributed by atoms with van der Waals surface area (Å²) >= 11 is 3.72. The van der Waals surface area contributed by atoms with Crippen LogP contribution in [0.25, 0.3) is 21.2 Å². The molecule has 5 aromatic rings. The molecular weight excluding hydrogens is 490 g/mol. The molecular formula is C26H24BrN7. The molecule has 0 spiro atoms. The molecule has 3 heterocycles. The Balaban J connectivity index is 1.54. The summed E-state index contributed by atoms with van der Waals surface area (Å²) in [7, 11) is 0. The first-order valence-corrected chi connectivity index (χ1v) is 12.0. The molecule has 0 bridgehead atoms. The van der Waals surface area contributed by atoms with Gasteiger partial charge in [-0.05, 0) is 68.5 Å². The van der Waals surface area contributed by atoms with Gasteiger partial charge >= 0.3 is 0 Å². The van der Waals surface area contributed by atoms with Crippen molar-refractivity contribution in [2.45, 2.75) is 33.7 Å². The maximum absolute atomic E-state index is 4.87. The molecule has 8 heteroatoms. The SMILES string of the molecule is CCc1nc2c(C)cc(C)nc2n1Cc1ccc(C(=C(Br)c2nnn[nH]2)c2ccccc2)cc1. The van der Waals surface area contributed by atoms with Crippen LogP contribution in [0.1, 0.15) is 46.5 Å². The summed E-state index contributed by atoms with van der Waals surface area (Å²) in [5.74, 6) is 1.63. The zero-order chi connectivity index (χ0) is 23.7. The molecule has 0 atom stereocenters. The Bertz CT molecular complexity index is 1470. The van der Waals surface area contributed by atoms with E-state index in [9.17, 15) is 0 Å². The minimum Gasteiger partial charge on any atom is -0.308 e. The molecule has 0 aliphatic rings. The first-order chi connectivity index (χ1) is 16.5. The third-order valence-electron chi connectivity index (χ3n) is 5.84. The molecule has 0 aliphatic carbocycles. The van der Waals surface area contributed by atoms with Gasteiger partial charge in [-0.1, -0.05) is 61.5 Å². The second-order valence-corrected chi connectivity index (χ2v) is 9.02. The highest BCUT2D eigenvalue weighted by Gasteiger charge is 2.16. The van der Waals surface area contributed by atoms with Crippen molar-refractivity contribution in [3.8, 4) is 0 Å². The summed E-state index contributed by atoms with van der Waals surface area (Å²) in [6, 6.07) is 20.9. The number of hydrogen-bond acceptors (Lipinski definition) is 5. The van der Waals surface area contributed by atoms with E-state index >= 15 is 0 Å².